The molecule has 2 heterocycles. The van der Waals surface area contributed by atoms with Gasteiger partial charge in [0.1, 0.15) is 0 Å². The maximum Gasteiger partial charge on any atom is 0.227 e. The highest BCUT2D eigenvalue weighted by Crippen LogP contribution is 2.29. The second-order valence-corrected chi connectivity index (χ2v) is 9.78. The molecule has 3 aromatic carbocycles. The first kappa shape index (κ1) is 25.9. The lowest BCUT2D eigenvalue weighted by molar-refractivity contribution is -0.114. The third-order valence-corrected chi connectivity index (χ3v) is 7.02. The van der Waals surface area contributed by atoms with Crippen molar-refractivity contribution in [1.29, 1.82) is 5.26 Å². The van der Waals surface area contributed by atoms with Gasteiger partial charge in [-0.1, -0.05) is 49.0 Å². The fraction of sp³-hybridized carbons (Fsp3) is 0.212. The summed E-state index contributed by atoms with van der Waals surface area (Å²) in [6, 6.07) is 26.3. The van der Waals surface area contributed by atoms with Gasteiger partial charge in [-0.25, -0.2) is 9.97 Å². The molecule has 194 valence electrons. The summed E-state index contributed by atoms with van der Waals surface area (Å²) < 4.78 is 0. The van der Waals surface area contributed by atoms with E-state index in [-0.39, 0.29) is 12.2 Å². The minimum absolute atomic E-state index is 0.119. The summed E-state index contributed by atoms with van der Waals surface area (Å²) in [5, 5.41) is 13.0. The number of piperidine rings is 1. The summed E-state index contributed by atoms with van der Waals surface area (Å²) in [6.07, 6.45) is 7.66. The standard InChI is InChI=1S/C33H31N5O/c1-2-31(39)20-27-19-25(14-15-26(27)22-34)32-28(18-24-10-5-3-6-11-24)23-35-33(37-32)36-29-12-9-13-30(21-29)38-16-7-4-8-17-38/h2-3,5-6,9-15,19,21,23H,1,4,7-8,16-18,20H2,(H,35,36,37). The van der Waals surface area contributed by atoms with Crippen LogP contribution in [0, 0.1) is 11.3 Å². The van der Waals surface area contributed by atoms with E-state index < -0.39 is 0 Å². The van der Waals surface area contributed by atoms with E-state index in [4.69, 9.17) is 4.98 Å². The molecular weight excluding hydrogens is 482 g/mol. The van der Waals surface area contributed by atoms with Gasteiger partial charge in [-0.2, -0.15) is 5.26 Å². The number of ketones is 1. The molecule has 0 atom stereocenters. The second-order valence-electron chi connectivity index (χ2n) is 9.78. The van der Waals surface area contributed by atoms with E-state index in [9.17, 15) is 10.1 Å². The number of hydrogen-bond donors (Lipinski definition) is 1. The molecule has 0 unspecified atom stereocenters. The highest BCUT2D eigenvalue weighted by atomic mass is 16.1. The highest BCUT2D eigenvalue weighted by Gasteiger charge is 2.15. The molecule has 5 rings (SSSR count). The molecule has 6 nitrogen and oxygen atoms in total. The van der Waals surface area contributed by atoms with Crippen molar-refractivity contribution >= 4 is 23.1 Å². The fourth-order valence-electron chi connectivity index (χ4n) is 4.98. The normalized spacial score (nSPS) is 12.9. The van der Waals surface area contributed by atoms with Crippen molar-refractivity contribution in [3.63, 3.8) is 0 Å². The lowest BCUT2D eigenvalue weighted by Crippen LogP contribution is -2.29. The number of carbonyl (C=O) groups is 1. The van der Waals surface area contributed by atoms with Crippen LogP contribution in [0.5, 0.6) is 0 Å². The average Bonchev–Trinajstić information content (AvgIpc) is 2.99. The summed E-state index contributed by atoms with van der Waals surface area (Å²) in [4.78, 5) is 24.2. The van der Waals surface area contributed by atoms with Crippen LogP contribution < -0.4 is 10.2 Å². The molecule has 1 aliphatic rings. The lowest BCUT2D eigenvalue weighted by Gasteiger charge is -2.29. The number of nitrogens with zero attached hydrogens (tertiary/aromatic N) is 4. The molecule has 1 saturated heterocycles. The Morgan fingerprint density at radius 3 is 2.59 bits per heavy atom. The molecule has 1 aliphatic heterocycles. The first-order valence-electron chi connectivity index (χ1n) is 13.3. The van der Waals surface area contributed by atoms with Crippen LogP contribution in [-0.4, -0.2) is 28.8 Å². The van der Waals surface area contributed by atoms with Crippen LogP contribution in [0.1, 0.15) is 41.5 Å². The number of hydrogen-bond acceptors (Lipinski definition) is 6. The Balaban J connectivity index is 1.51. The Morgan fingerprint density at radius 1 is 1.00 bits per heavy atom. The number of aromatic nitrogens is 2. The van der Waals surface area contributed by atoms with Crippen LogP contribution in [0.15, 0.2) is 91.6 Å². The van der Waals surface area contributed by atoms with Crippen molar-refractivity contribution in [1.82, 2.24) is 9.97 Å². The summed E-state index contributed by atoms with van der Waals surface area (Å²) in [5.74, 6) is 0.359. The van der Waals surface area contributed by atoms with Gasteiger partial charge in [0.2, 0.25) is 5.95 Å². The van der Waals surface area contributed by atoms with Crippen LogP contribution in [0.3, 0.4) is 0 Å². The van der Waals surface area contributed by atoms with E-state index in [1.807, 2.05) is 42.6 Å². The fourth-order valence-corrected chi connectivity index (χ4v) is 4.98. The second kappa shape index (κ2) is 12.2. The maximum atomic E-state index is 12.1. The molecule has 4 aromatic rings. The molecule has 0 amide bonds. The summed E-state index contributed by atoms with van der Waals surface area (Å²) in [5.41, 5.74) is 6.96. The monoisotopic (exact) mass is 513 g/mol. The minimum atomic E-state index is -0.133. The number of rotatable bonds is 9. The van der Waals surface area contributed by atoms with Crippen LogP contribution in [0.2, 0.25) is 0 Å². The van der Waals surface area contributed by atoms with Gasteiger partial charge in [-0.15, -0.1) is 0 Å². The van der Waals surface area contributed by atoms with Crippen molar-refractivity contribution in [2.24, 2.45) is 0 Å². The summed E-state index contributed by atoms with van der Waals surface area (Å²) in [7, 11) is 0. The van der Waals surface area contributed by atoms with E-state index in [1.165, 1.54) is 31.0 Å². The topological polar surface area (TPSA) is 81.9 Å². The van der Waals surface area contributed by atoms with Gasteiger partial charge in [0.25, 0.3) is 0 Å². The van der Waals surface area contributed by atoms with Crippen molar-refractivity contribution in [2.45, 2.75) is 32.1 Å². The summed E-state index contributed by atoms with van der Waals surface area (Å²) in [6.45, 7) is 5.73. The quantitative estimate of drug-likeness (QED) is 0.253. The van der Waals surface area contributed by atoms with Crippen LogP contribution in [-0.2, 0) is 17.6 Å². The Labute approximate surface area is 229 Å². The Kier molecular flexibility index (Phi) is 8.09. The zero-order valence-electron chi connectivity index (χ0n) is 21.9. The van der Waals surface area contributed by atoms with E-state index in [0.29, 0.717) is 23.5 Å². The van der Waals surface area contributed by atoms with Gasteiger partial charge in [-0.3, -0.25) is 4.79 Å². The molecule has 39 heavy (non-hydrogen) atoms. The first-order valence-corrected chi connectivity index (χ1v) is 13.3. The van der Waals surface area contributed by atoms with Crippen molar-refractivity contribution in [3.05, 3.63) is 114 Å². The van der Waals surface area contributed by atoms with Gasteiger partial charge in [0.15, 0.2) is 5.78 Å². The molecule has 1 aromatic heterocycles. The average molecular weight is 514 g/mol. The molecule has 1 N–H and O–H groups in total. The predicted octanol–water partition coefficient (Wildman–Crippen LogP) is 6.64. The minimum Gasteiger partial charge on any atom is -0.371 e. The van der Waals surface area contributed by atoms with Crippen molar-refractivity contribution < 1.29 is 4.79 Å². The largest absolute Gasteiger partial charge is 0.371 e. The van der Waals surface area contributed by atoms with Gasteiger partial charge < -0.3 is 10.2 Å². The maximum absolute atomic E-state index is 12.1. The number of nitriles is 1. The number of anilines is 3. The van der Waals surface area contributed by atoms with Crippen LogP contribution in [0.25, 0.3) is 11.3 Å². The SMILES string of the molecule is C=CC(=O)Cc1cc(-c2nc(Nc3cccc(N4CCCCC4)c3)ncc2Cc2ccccc2)ccc1C#N. The Bertz CT molecular complexity index is 1520. The zero-order chi connectivity index (χ0) is 27.0. The molecule has 0 radical (unpaired) electrons. The highest BCUT2D eigenvalue weighted by molar-refractivity contribution is 5.91. The Hall–Kier alpha value is -4.76. The molecule has 0 spiro atoms. The van der Waals surface area contributed by atoms with Gasteiger partial charge in [0, 0.05) is 54.6 Å². The summed E-state index contributed by atoms with van der Waals surface area (Å²) >= 11 is 0. The van der Waals surface area contributed by atoms with Gasteiger partial charge in [-0.05, 0) is 66.8 Å². The van der Waals surface area contributed by atoms with Crippen molar-refractivity contribution in [2.75, 3.05) is 23.3 Å². The number of benzene rings is 3. The van der Waals surface area contributed by atoms with E-state index in [1.54, 1.807) is 6.07 Å². The lowest BCUT2D eigenvalue weighted by atomic mass is 9.95. The number of carbonyl (C=O) groups excluding carboxylic acids is 1. The van der Waals surface area contributed by atoms with Crippen LogP contribution >= 0.6 is 0 Å². The van der Waals surface area contributed by atoms with E-state index >= 15 is 0 Å². The molecule has 0 bridgehead atoms. The smallest absolute Gasteiger partial charge is 0.227 e. The van der Waals surface area contributed by atoms with E-state index in [0.717, 1.165) is 41.2 Å². The predicted molar refractivity (Wildman–Crippen MR) is 156 cm³/mol. The van der Waals surface area contributed by atoms with E-state index in [2.05, 4.69) is 58.2 Å². The molecular formula is C33H31N5O. The van der Waals surface area contributed by atoms with Crippen LogP contribution in [0.4, 0.5) is 17.3 Å². The third-order valence-electron chi connectivity index (χ3n) is 7.02. The Morgan fingerprint density at radius 2 is 1.82 bits per heavy atom. The molecule has 0 saturated carbocycles. The molecule has 6 heteroatoms. The number of allylic oxidation sites excluding steroid dienone is 1. The van der Waals surface area contributed by atoms with Gasteiger partial charge in [0.05, 0.1) is 17.3 Å². The molecule has 1 fully saturated rings. The zero-order valence-corrected chi connectivity index (χ0v) is 21.9. The van der Waals surface area contributed by atoms with Crippen molar-refractivity contribution in [3.8, 4) is 17.3 Å². The number of nitrogens with one attached hydrogen (secondary N) is 1. The third kappa shape index (κ3) is 6.39. The van der Waals surface area contributed by atoms with Gasteiger partial charge >= 0.3 is 0 Å². The first-order chi connectivity index (χ1) is 19.1. The molecule has 0 aliphatic carbocycles.